The molecule has 0 aliphatic carbocycles. The van der Waals surface area contributed by atoms with E-state index in [1.807, 2.05) is 6.92 Å². The molecule has 0 spiro atoms. The molecule has 1 aromatic carbocycles. The first-order valence-electron chi connectivity index (χ1n) is 6.55. The molecule has 19 heavy (non-hydrogen) atoms. The standard InChI is InChI=1S/C14H20ClFN2O/c1-9(17)14-8-18(5-6-19-14)10(2)12-4-3-11(16)7-13(12)15/h3-4,7,9-10,14H,5-6,8,17H2,1-2H3. The fourth-order valence-corrected chi connectivity index (χ4v) is 2.73. The van der Waals surface area contributed by atoms with Crippen molar-refractivity contribution in [3.63, 3.8) is 0 Å². The van der Waals surface area contributed by atoms with Crippen molar-refractivity contribution in [2.75, 3.05) is 19.7 Å². The Bertz CT molecular complexity index is 441. The van der Waals surface area contributed by atoms with Gasteiger partial charge in [-0.2, -0.15) is 0 Å². The first kappa shape index (κ1) is 14.7. The van der Waals surface area contributed by atoms with E-state index in [1.165, 1.54) is 12.1 Å². The van der Waals surface area contributed by atoms with Crippen molar-refractivity contribution >= 4 is 11.6 Å². The van der Waals surface area contributed by atoms with Gasteiger partial charge in [0.15, 0.2) is 0 Å². The van der Waals surface area contributed by atoms with E-state index < -0.39 is 0 Å². The average Bonchev–Trinajstić information content (AvgIpc) is 2.38. The van der Waals surface area contributed by atoms with Crippen LogP contribution >= 0.6 is 11.6 Å². The Balaban J connectivity index is 2.12. The third-order valence-electron chi connectivity index (χ3n) is 3.67. The summed E-state index contributed by atoms with van der Waals surface area (Å²) in [6.07, 6.45) is 0.0374. The van der Waals surface area contributed by atoms with Crippen molar-refractivity contribution in [1.82, 2.24) is 4.90 Å². The number of nitrogens with two attached hydrogens (primary N) is 1. The molecule has 3 atom stereocenters. The molecule has 1 aliphatic heterocycles. The number of hydrogen-bond acceptors (Lipinski definition) is 3. The summed E-state index contributed by atoms with van der Waals surface area (Å²) in [6, 6.07) is 4.67. The number of nitrogens with zero attached hydrogens (tertiary/aromatic N) is 1. The van der Waals surface area contributed by atoms with Gasteiger partial charge in [0, 0.05) is 30.2 Å². The predicted octanol–water partition coefficient (Wildman–Crippen LogP) is 2.59. The summed E-state index contributed by atoms with van der Waals surface area (Å²) in [7, 11) is 0. The second-order valence-electron chi connectivity index (χ2n) is 5.11. The number of ether oxygens (including phenoxy) is 1. The summed E-state index contributed by atoms with van der Waals surface area (Å²) in [5.74, 6) is -0.309. The quantitative estimate of drug-likeness (QED) is 0.928. The molecular formula is C14H20ClFN2O. The van der Waals surface area contributed by atoms with Crippen LogP contribution in [-0.4, -0.2) is 36.7 Å². The van der Waals surface area contributed by atoms with E-state index in [0.717, 1.165) is 18.7 Å². The molecular weight excluding hydrogens is 267 g/mol. The van der Waals surface area contributed by atoms with E-state index in [4.69, 9.17) is 22.1 Å². The Morgan fingerprint density at radius 1 is 1.47 bits per heavy atom. The lowest BCUT2D eigenvalue weighted by molar-refractivity contribution is -0.0498. The van der Waals surface area contributed by atoms with Crippen LogP contribution in [0.5, 0.6) is 0 Å². The van der Waals surface area contributed by atoms with E-state index in [1.54, 1.807) is 6.07 Å². The maximum absolute atomic E-state index is 13.1. The van der Waals surface area contributed by atoms with Crippen LogP contribution in [0.1, 0.15) is 25.5 Å². The Morgan fingerprint density at radius 2 is 2.21 bits per heavy atom. The Hall–Kier alpha value is -0.680. The molecule has 0 aromatic heterocycles. The molecule has 3 unspecified atom stereocenters. The zero-order valence-electron chi connectivity index (χ0n) is 11.3. The maximum Gasteiger partial charge on any atom is 0.124 e. The zero-order valence-corrected chi connectivity index (χ0v) is 12.0. The molecule has 1 saturated heterocycles. The first-order chi connectivity index (χ1) is 8.99. The van der Waals surface area contributed by atoms with Gasteiger partial charge in [-0.1, -0.05) is 17.7 Å². The van der Waals surface area contributed by atoms with Gasteiger partial charge in [0.25, 0.3) is 0 Å². The molecule has 1 fully saturated rings. The van der Waals surface area contributed by atoms with E-state index in [2.05, 4.69) is 11.8 Å². The minimum atomic E-state index is -0.309. The molecule has 1 heterocycles. The third-order valence-corrected chi connectivity index (χ3v) is 4.00. The lowest BCUT2D eigenvalue weighted by Gasteiger charge is -2.38. The number of hydrogen-bond donors (Lipinski definition) is 1. The van der Waals surface area contributed by atoms with Crippen molar-refractivity contribution in [3.05, 3.63) is 34.6 Å². The molecule has 1 aromatic rings. The van der Waals surface area contributed by atoms with Gasteiger partial charge in [-0.3, -0.25) is 4.90 Å². The smallest absolute Gasteiger partial charge is 0.124 e. The SMILES string of the molecule is CC(N)C1CN(C(C)c2ccc(F)cc2Cl)CCO1. The molecule has 3 nitrogen and oxygen atoms in total. The van der Waals surface area contributed by atoms with E-state index in [0.29, 0.717) is 11.6 Å². The fraction of sp³-hybridized carbons (Fsp3) is 0.571. The van der Waals surface area contributed by atoms with Gasteiger partial charge in [-0.15, -0.1) is 0 Å². The first-order valence-corrected chi connectivity index (χ1v) is 6.93. The van der Waals surface area contributed by atoms with Crippen LogP contribution in [0.3, 0.4) is 0 Å². The van der Waals surface area contributed by atoms with E-state index in [9.17, 15) is 4.39 Å². The topological polar surface area (TPSA) is 38.5 Å². The Morgan fingerprint density at radius 3 is 2.84 bits per heavy atom. The van der Waals surface area contributed by atoms with Crippen LogP contribution in [0.25, 0.3) is 0 Å². The van der Waals surface area contributed by atoms with Gasteiger partial charge in [-0.25, -0.2) is 4.39 Å². The van der Waals surface area contributed by atoms with Crippen LogP contribution in [0.2, 0.25) is 5.02 Å². The lowest BCUT2D eigenvalue weighted by atomic mass is 10.0. The maximum atomic E-state index is 13.1. The van der Waals surface area contributed by atoms with Crippen LogP contribution in [0.4, 0.5) is 4.39 Å². The zero-order chi connectivity index (χ0) is 14.0. The Kier molecular flexibility index (Phi) is 4.79. The molecule has 106 valence electrons. The molecule has 2 rings (SSSR count). The van der Waals surface area contributed by atoms with Gasteiger partial charge in [0.2, 0.25) is 0 Å². The highest BCUT2D eigenvalue weighted by Gasteiger charge is 2.27. The second-order valence-corrected chi connectivity index (χ2v) is 5.51. The molecule has 5 heteroatoms. The van der Waals surface area contributed by atoms with Crippen molar-refractivity contribution < 1.29 is 9.13 Å². The van der Waals surface area contributed by atoms with Crippen molar-refractivity contribution in [3.8, 4) is 0 Å². The number of morpholine rings is 1. The molecule has 0 radical (unpaired) electrons. The molecule has 1 aliphatic rings. The highest BCUT2D eigenvalue weighted by Crippen LogP contribution is 2.29. The Labute approximate surface area is 118 Å². The summed E-state index contributed by atoms with van der Waals surface area (Å²) < 4.78 is 18.7. The normalized spacial score (nSPS) is 24.2. The minimum Gasteiger partial charge on any atom is -0.374 e. The second kappa shape index (κ2) is 6.18. The van der Waals surface area contributed by atoms with Gasteiger partial charge in [0.1, 0.15) is 5.82 Å². The summed E-state index contributed by atoms with van der Waals surface area (Å²) >= 11 is 6.12. The molecule has 0 saturated carbocycles. The largest absolute Gasteiger partial charge is 0.374 e. The summed E-state index contributed by atoms with van der Waals surface area (Å²) in [4.78, 5) is 2.27. The van der Waals surface area contributed by atoms with E-state index >= 15 is 0 Å². The van der Waals surface area contributed by atoms with Crippen LogP contribution < -0.4 is 5.73 Å². The van der Waals surface area contributed by atoms with Crippen LogP contribution in [-0.2, 0) is 4.74 Å². The minimum absolute atomic E-state index is 0.00121. The summed E-state index contributed by atoms with van der Waals surface area (Å²) in [5.41, 5.74) is 6.83. The van der Waals surface area contributed by atoms with Crippen LogP contribution in [0, 0.1) is 5.82 Å². The average molecular weight is 287 g/mol. The third kappa shape index (κ3) is 3.45. The van der Waals surface area contributed by atoms with E-state index in [-0.39, 0.29) is 24.0 Å². The van der Waals surface area contributed by atoms with Crippen molar-refractivity contribution in [1.29, 1.82) is 0 Å². The lowest BCUT2D eigenvalue weighted by Crippen LogP contribution is -2.50. The van der Waals surface area contributed by atoms with Gasteiger partial charge < -0.3 is 10.5 Å². The van der Waals surface area contributed by atoms with Crippen molar-refractivity contribution in [2.24, 2.45) is 5.73 Å². The van der Waals surface area contributed by atoms with Gasteiger partial charge in [0.05, 0.1) is 12.7 Å². The predicted molar refractivity (Wildman–Crippen MR) is 74.8 cm³/mol. The summed E-state index contributed by atoms with van der Waals surface area (Å²) in [6.45, 7) is 6.28. The number of benzene rings is 1. The highest BCUT2D eigenvalue weighted by atomic mass is 35.5. The molecule has 0 bridgehead atoms. The van der Waals surface area contributed by atoms with Crippen LogP contribution in [0.15, 0.2) is 18.2 Å². The summed E-state index contributed by atoms with van der Waals surface area (Å²) in [5, 5.41) is 0.469. The monoisotopic (exact) mass is 286 g/mol. The highest BCUT2D eigenvalue weighted by molar-refractivity contribution is 6.31. The molecule has 2 N–H and O–H groups in total. The van der Waals surface area contributed by atoms with Gasteiger partial charge >= 0.3 is 0 Å². The molecule has 0 amide bonds. The number of halogens is 2. The number of rotatable bonds is 3. The van der Waals surface area contributed by atoms with Gasteiger partial charge in [-0.05, 0) is 31.5 Å². The van der Waals surface area contributed by atoms with Crippen molar-refractivity contribution in [2.45, 2.75) is 32.0 Å². The fourth-order valence-electron chi connectivity index (χ4n) is 2.40.